The summed E-state index contributed by atoms with van der Waals surface area (Å²) in [5.41, 5.74) is 1.15. The summed E-state index contributed by atoms with van der Waals surface area (Å²) >= 11 is 3.63. The second-order valence-electron chi connectivity index (χ2n) is 5.03. The van der Waals surface area contributed by atoms with Crippen molar-refractivity contribution in [2.24, 2.45) is 0 Å². The maximum absolute atomic E-state index is 4.72. The lowest BCUT2D eigenvalue weighted by Crippen LogP contribution is -2.30. The molecule has 110 valence electrons. The van der Waals surface area contributed by atoms with Gasteiger partial charge in [-0.05, 0) is 31.8 Å². The Morgan fingerprint density at radius 1 is 1.45 bits per heavy atom. The number of likely N-dealkylation sites (N-methyl/N-ethyl adjacent to an activating group) is 1. The van der Waals surface area contributed by atoms with Gasteiger partial charge in [0.25, 0.3) is 0 Å². The zero-order valence-electron chi connectivity index (χ0n) is 12.6. The van der Waals surface area contributed by atoms with Crippen molar-refractivity contribution in [1.82, 2.24) is 10.3 Å². The van der Waals surface area contributed by atoms with Crippen molar-refractivity contribution in [2.45, 2.75) is 39.8 Å². The van der Waals surface area contributed by atoms with Crippen LogP contribution in [0.1, 0.15) is 29.3 Å². The fourth-order valence-electron chi connectivity index (χ4n) is 2.01. The summed E-state index contributed by atoms with van der Waals surface area (Å²) in [6.07, 6.45) is 1.08. The second kappa shape index (κ2) is 7.20. The molecule has 0 bridgehead atoms. The van der Waals surface area contributed by atoms with Crippen molar-refractivity contribution in [3.05, 3.63) is 33.0 Å². The zero-order valence-corrected chi connectivity index (χ0v) is 14.3. The van der Waals surface area contributed by atoms with Gasteiger partial charge in [0.15, 0.2) is 5.13 Å². The molecule has 0 spiro atoms. The van der Waals surface area contributed by atoms with Gasteiger partial charge in [-0.3, -0.25) is 0 Å². The molecular formula is C15H23N3S2. The van der Waals surface area contributed by atoms with E-state index in [4.69, 9.17) is 4.98 Å². The number of thiazole rings is 1. The van der Waals surface area contributed by atoms with E-state index in [0.29, 0.717) is 6.04 Å². The first kappa shape index (κ1) is 15.5. The highest BCUT2D eigenvalue weighted by atomic mass is 32.1. The molecule has 1 N–H and O–H groups in total. The minimum Gasteiger partial charge on any atom is -0.348 e. The lowest BCUT2D eigenvalue weighted by molar-refractivity contribution is 0.685. The van der Waals surface area contributed by atoms with E-state index in [-0.39, 0.29) is 0 Å². The van der Waals surface area contributed by atoms with E-state index < -0.39 is 0 Å². The van der Waals surface area contributed by atoms with Gasteiger partial charge in [0, 0.05) is 35.8 Å². The van der Waals surface area contributed by atoms with Crippen LogP contribution in [0.25, 0.3) is 0 Å². The van der Waals surface area contributed by atoms with E-state index in [9.17, 15) is 0 Å². The highest BCUT2D eigenvalue weighted by molar-refractivity contribution is 7.15. The van der Waals surface area contributed by atoms with Gasteiger partial charge in [-0.1, -0.05) is 13.0 Å². The molecule has 0 aromatic carbocycles. The fraction of sp³-hybridized carbons (Fsp3) is 0.533. The average Bonchev–Trinajstić information content (AvgIpc) is 3.05. The number of anilines is 1. The smallest absolute Gasteiger partial charge is 0.185 e. The number of nitrogens with zero attached hydrogens (tertiary/aromatic N) is 2. The summed E-state index contributed by atoms with van der Waals surface area (Å²) in [6, 6.07) is 4.79. The van der Waals surface area contributed by atoms with Gasteiger partial charge in [0.1, 0.15) is 0 Å². The number of hydrogen-bond donors (Lipinski definition) is 1. The molecule has 0 saturated heterocycles. The molecule has 0 amide bonds. The topological polar surface area (TPSA) is 28.2 Å². The predicted octanol–water partition coefficient (Wildman–Crippen LogP) is 3.69. The van der Waals surface area contributed by atoms with Crippen LogP contribution in [0.3, 0.4) is 0 Å². The summed E-state index contributed by atoms with van der Waals surface area (Å²) in [5, 5.41) is 6.64. The van der Waals surface area contributed by atoms with E-state index in [1.165, 1.54) is 9.75 Å². The Labute approximate surface area is 129 Å². The SMILES string of the molecule is CCNCc1sc(N(C)C(C)Cc2cccs2)nc1C. The molecule has 2 aromatic heterocycles. The Balaban J connectivity index is 2.02. The van der Waals surface area contributed by atoms with Gasteiger partial charge in [-0.2, -0.15) is 0 Å². The van der Waals surface area contributed by atoms with Gasteiger partial charge < -0.3 is 10.2 Å². The number of rotatable bonds is 7. The molecule has 20 heavy (non-hydrogen) atoms. The first-order valence-electron chi connectivity index (χ1n) is 7.04. The Hall–Kier alpha value is -0.910. The largest absolute Gasteiger partial charge is 0.348 e. The third-order valence-electron chi connectivity index (χ3n) is 3.46. The van der Waals surface area contributed by atoms with E-state index in [2.05, 4.69) is 55.5 Å². The molecule has 0 radical (unpaired) electrons. The Morgan fingerprint density at radius 3 is 2.90 bits per heavy atom. The Bertz CT molecular complexity index is 519. The second-order valence-corrected chi connectivity index (χ2v) is 7.12. The molecule has 0 aliphatic carbocycles. The molecule has 5 heteroatoms. The highest BCUT2D eigenvalue weighted by Gasteiger charge is 2.16. The standard InChI is InChI=1S/C15H23N3S2/c1-5-16-10-14-12(3)17-15(20-14)18(4)11(2)9-13-7-6-8-19-13/h6-8,11,16H,5,9-10H2,1-4H3. The van der Waals surface area contributed by atoms with Crippen LogP contribution in [0, 0.1) is 6.92 Å². The van der Waals surface area contributed by atoms with Crippen LogP contribution in [-0.2, 0) is 13.0 Å². The number of nitrogens with one attached hydrogen (secondary N) is 1. The van der Waals surface area contributed by atoms with Gasteiger partial charge in [0.05, 0.1) is 5.69 Å². The first-order chi connectivity index (χ1) is 9.61. The van der Waals surface area contributed by atoms with Crippen LogP contribution < -0.4 is 10.2 Å². The Kier molecular flexibility index (Phi) is 5.57. The van der Waals surface area contributed by atoms with E-state index in [1.54, 1.807) is 11.3 Å². The minimum absolute atomic E-state index is 0.464. The molecule has 2 rings (SSSR count). The monoisotopic (exact) mass is 309 g/mol. The molecule has 0 saturated carbocycles. The van der Waals surface area contributed by atoms with Gasteiger partial charge in [-0.25, -0.2) is 4.98 Å². The van der Waals surface area contributed by atoms with E-state index >= 15 is 0 Å². The summed E-state index contributed by atoms with van der Waals surface area (Å²) < 4.78 is 0. The third kappa shape index (κ3) is 3.81. The van der Waals surface area contributed by atoms with Crippen molar-refractivity contribution >= 4 is 27.8 Å². The first-order valence-corrected chi connectivity index (χ1v) is 8.73. The normalized spacial score (nSPS) is 12.6. The molecule has 0 aliphatic heterocycles. The average molecular weight is 310 g/mol. The number of hydrogen-bond acceptors (Lipinski definition) is 5. The van der Waals surface area contributed by atoms with Gasteiger partial charge in [-0.15, -0.1) is 22.7 Å². The highest BCUT2D eigenvalue weighted by Crippen LogP contribution is 2.27. The van der Waals surface area contributed by atoms with Crippen molar-refractivity contribution in [2.75, 3.05) is 18.5 Å². The summed E-state index contributed by atoms with van der Waals surface area (Å²) in [7, 11) is 2.15. The molecule has 0 fully saturated rings. The van der Waals surface area contributed by atoms with Crippen LogP contribution in [0.5, 0.6) is 0 Å². The number of aromatic nitrogens is 1. The molecular weight excluding hydrogens is 286 g/mol. The fourth-order valence-corrected chi connectivity index (χ4v) is 3.93. The van der Waals surface area contributed by atoms with Crippen LogP contribution in [0.2, 0.25) is 0 Å². The summed E-state index contributed by atoms with van der Waals surface area (Å²) in [5.74, 6) is 0. The molecule has 2 heterocycles. The van der Waals surface area contributed by atoms with Crippen molar-refractivity contribution in [3.8, 4) is 0 Å². The maximum atomic E-state index is 4.72. The van der Waals surface area contributed by atoms with Gasteiger partial charge >= 0.3 is 0 Å². The third-order valence-corrected chi connectivity index (χ3v) is 5.60. The summed E-state index contributed by atoms with van der Waals surface area (Å²) in [4.78, 5) is 9.80. The molecule has 1 atom stereocenters. The summed E-state index contributed by atoms with van der Waals surface area (Å²) in [6.45, 7) is 8.42. The van der Waals surface area contributed by atoms with Gasteiger partial charge in [0.2, 0.25) is 0 Å². The van der Waals surface area contributed by atoms with Crippen LogP contribution in [0.4, 0.5) is 5.13 Å². The Morgan fingerprint density at radius 2 is 2.25 bits per heavy atom. The maximum Gasteiger partial charge on any atom is 0.185 e. The molecule has 3 nitrogen and oxygen atoms in total. The lowest BCUT2D eigenvalue weighted by atomic mass is 10.2. The van der Waals surface area contributed by atoms with Crippen LogP contribution in [-0.4, -0.2) is 24.6 Å². The zero-order chi connectivity index (χ0) is 14.5. The number of thiophene rings is 1. The van der Waals surface area contributed by atoms with E-state index in [0.717, 1.165) is 30.3 Å². The predicted molar refractivity (Wildman–Crippen MR) is 90.1 cm³/mol. The van der Waals surface area contributed by atoms with Crippen LogP contribution >= 0.6 is 22.7 Å². The lowest BCUT2D eigenvalue weighted by Gasteiger charge is -2.23. The minimum atomic E-state index is 0.464. The van der Waals surface area contributed by atoms with Crippen molar-refractivity contribution in [1.29, 1.82) is 0 Å². The number of aryl methyl sites for hydroxylation is 1. The quantitative estimate of drug-likeness (QED) is 0.845. The van der Waals surface area contributed by atoms with Crippen molar-refractivity contribution < 1.29 is 0 Å². The van der Waals surface area contributed by atoms with E-state index in [1.807, 2.05) is 11.3 Å². The molecule has 0 aliphatic rings. The molecule has 2 aromatic rings. The molecule has 1 unspecified atom stereocenters. The van der Waals surface area contributed by atoms with Crippen LogP contribution in [0.15, 0.2) is 17.5 Å². The van der Waals surface area contributed by atoms with Crippen molar-refractivity contribution in [3.63, 3.8) is 0 Å².